The summed E-state index contributed by atoms with van der Waals surface area (Å²) in [6.45, 7) is 2.53. The number of hydrogen-bond donors (Lipinski definition) is 0. The van der Waals surface area contributed by atoms with Gasteiger partial charge in [-0.1, -0.05) is 0 Å². The highest BCUT2D eigenvalue weighted by molar-refractivity contribution is 5.83. The molecule has 0 N–H and O–H groups in total. The Morgan fingerprint density at radius 2 is 1.67 bits per heavy atom. The van der Waals surface area contributed by atoms with E-state index in [4.69, 9.17) is 4.74 Å². The first-order valence-electron chi connectivity index (χ1n) is 5.84. The standard InChI is InChI=1S/C12H21NO5/c1-10(14)4-5-11(15)13(8-9-17-2)7-6-12(16)18-3/h4-9H2,1-3H3. The Labute approximate surface area is 107 Å². The molecule has 1 amide bonds. The van der Waals surface area contributed by atoms with Crippen LogP contribution in [0.1, 0.15) is 26.2 Å². The van der Waals surface area contributed by atoms with Gasteiger partial charge >= 0.3 is 5.97 Å². The van der Waals surface area contributed by atoms with Gasteiger partial charge < -0.3 is 19.2 Å². The largest absolute Gasteiger partial charge is 0.469 e. The third-order valence-corrected chi connectivity index (χ3v) is 2.42. The lowest BCUT2D eigenvalue weighted by Crippen LogP contribution is -2.35. The van der Waals surface area contributed by atoms with Gasteiger partial charge in [0.1, 0.15) is 5.78 Å². The molecule has 0 unspecified atom stereocenters. The molecular formula is C12H21NO5. The number of carbonyl (C=O) groups excluding carboxylic acids is 3. The monoisotopic (exact) mass is 259 g/mol. The van der Waals surface area contributed by atoms with Crippen molar-refractivity contribution in [1.29, 1.82) is 0 Å². The maximum atomic E-state index is 11.8. The number of ketones is 1. The zero-order valence-corrected chi connectivity index (χ0v) is 11.2. The third-order valence-electron chi connectivity index (χ3n) is 2.42. The van der Waals surface area contributed by atoms with Gasteiger partial charge in [-0.25, -0.2) is 0 Å². The van der Waals surface area contributed by atoms with E-state index in [1.807, 2.05) is 0 Å². The fourth-order valence-corrected chi connectivity index (χ4v) is 1.33. The van der Waals surface area contributed by atoms with Crippen LogP contribution in [-0.2, 0) is 23.9 Å². The third kappa shape index (κ3) is 7.78. The molecule has 104 valence electrons. The number of rotatable bonds is 9. The second kappa shape index (κ2) is 9.58. The zero-order valence-electron chi connectivity index (χ0n) is 11.2. The molecule has 0 aromatic rings. The maximum Gasteiger partial charge on any atom is 0.307 e. The van der Waals surface area contributed by atoms with Gasteiger partial charge in [0.2, 0.25) is 5.91 Å². The SMILES string of the molecule is COCCN(CCC(=O)OC)C(=O)CCC(C)=O. The highest BCUT2D eigenvalue weighted by Gasteiger charge is 2.15. The molecule has 0 bridgehead atoms. The highest BCUT2D eigenvalue weighted by Crippen LogP contribution is 2.01. The van der Waals surface area contributed by atoms with Crippen molar-refractivity contribution in [2.45, 2.75) is 26.2 Å². The maximum absolute atomic E-state index is 11.8. The highest BCUT2D eigenvalue weighted by atomic mass is 16.5. The molecule has 6 heteroatoms. The summed E-state index contributed by atoms with van der Waals surface area (Å²) in [6, 6.07) is 0. The smallest absolute Gasteiger partial charge is 0.307 e. The summed E-state index contributed by atoms with van der Waals surface area (Å²) >= 11 is 0. The van der Waals surface area contributed by atoms with Gasteiger partial charge in [-0.05, 0) is 6.92 Å². The van der Waals surface area contributed by atoms with E-state index in [1.165, 1.54) is 18.9 Å². The minimum Gasteiger partial charge on any atom is -0.469 e. The Morgan fingerprint density at radius 1 is 1.00 bits per heavy atom. The normalized spacial score (nSPS) is 9.94. The topological polar surface area (TPSA) is 72.9 Å². The lowest BCUT2D eigenvalue weighted by Gasteiger charge is -2.21. The van der Waals surface area contributed by atoms with E-state index < -0.39 is 0 Å². The number of nitrogens with zero attached hydrogens (tertiary/aromatic N) is 1. The zero-order chi connectivity index (χ0) is 14.0. The number of carbonyl (C=O) groups is 3. The molecule has 0 aromatic heterocycles. The van der Waals surface area contributed by atoms with E-state index in [0.29, 0.717) is 13.2 Å². The van der Waals surface area contributed by atoms with Crippen LogP contribution < -0.4 is 0 Å². The first-order chi connectivity index (χ1) is 8.51. The quantitative estimate of drug-likeness (QED) is 0.560. The van der Waals surface area contributed by atoms with Crippen LogP contribution in [0.25, 0.3) is 0 Å². The lowest BCUT2D eigenvalue weighted by atomic mass is 10.2. The Bertz CT molecular complexity index is 290. The molecule has 0 rings (SSSR count). The van der Waals surface area contributed by atoms with E-state index >= 15 is 0 Å². The van der Waals surface area contributed by atoms with Gasteiger partial charge in [0.15, 0.2) is 0 Å². The fourth-order valence-electron chi connectivity index (χ4n) is 1.33. The summed E-state index contributed by atoms with van der Waals surface area (Å²) in [5.74, 6) is -0.536. The van der Waals surface area contributed by atoms with Gasteiger partial charge in [-0.3, -0.25) is 9.59 Å². The van der Waals surface area contributed by atoms with E-state index in [2.05, 4.69) is 4.74 Å². The molecule has 0 aliphatic heterocycles. The van der Waals surface area contributed by atoms with Crippen LogP contribution in [0, 0.1) is 0 Å². The molecule has 18 heavy (non-hydrogen) atoms. The van der Waals surface area contributed by atoms with Crippen LogP contribution in [0.5, 0.6) is 0 Å². The molecule has 0 atom stereocenters. The summed E-state index contributed by atoms with van der Waals surface area (Å²) in [5, 5.41) is 0. The van der Waals surface area contributed by atoms with Gasteiger partial charge in [0.25, 0.3) is 0 Å². The number of esters is 1. The second-order valence-electron chi connectivity index (χ2n) is 3.90. The van der Waals surface area contributed by atoms with E-state index in [0.717, 1.165) is 0 Å². The number of Topliss-reactive ketones (excluding diaryl/α,β-unsaturated/α-hetero) is 1. The molecular weight excluding hydrogens is 238 g/mol. The Morgan fingerprint density at radius 3 is 2.17 bits per heavy atom. The van der Waals surface area contributed by atoms with E-state index in [9.17, 15) is 14.4 Å². The summed E-state index contributed by atoms with van der Waals surface area (Å²) < 4.78 is 9.42. The second-order valence-corrected chi connectivity index (χ2v) is 3.90. The van der Waals surface area contributed by atoms with Crippen molar-refractivity contribution in [3.05, 3.63) is 0 Å². The summed E-state index contributed by atoms with van der Waals surface area (Å²) in [6.07, 6.45) is 0.535. The average Bonchev–Trinajstić information content (AvgIpc) is 2.35. The minimum atomic E-state index is -0.364. The molecule has 0 spiro atoms. The van der Waals surface area contributed by atoms with Crippen LogP contribution in [0.2, 0.25) is 0 Å². The minimum absolute atomic E-state index is 0.0250. The number of amides is 1. The Kier molecular flexibility index (Phi) is 8.82. The Balaban J connectivity index is 4.22. The van der Waals surface area contributed by atoms with Crippen LogP contribution in [0.3, 0.4) is 0 Å². The summed E-state index contributed by atoms with van der Waals surface area (Å²) in [7, 11) is 2.85. The molecule has 0 saturated heterocycles. The van der Waals surface area contributed by atoms with Crippen LogP contribution in [-0.4, -0.2) is 56.5 Å². The van der Waals surface area contributed by atoms with Crippen molar-refractivity contribution in [2.75, 3.05) is 33.9 Å². The van der Waals surface area contributed by atoms with Crippen molar-refractivity contribution in [1.82, 2.24) is 4.90 Å². The van der Waals surface area contributed by atoms with E-state index in [1.54, 1.807) is 7.11 Å². The molecule has 0 fully saturated rings. The lowest BCUT2D eigenvalue weighted by molar-refractivity contribution is -0.142. The molecule has 0 saturated carbocycles. The predicted molar refractivity (Wildman–Crippen MR) is 65.0 cm³/mol. The predicted octanol–water partition coefficient (Wildman–Crippen LogP) is 0.394. The molecule has 6 nitrogen and oxygen atoms in total. The molecule has 0 heterocycles. The van der Waals surface area contributed by atoms with Crippen molar-refractivity contribution in [2.24, 2.45) is 0 Å². The van der Waals surface area contributed by atoms with Crippen molar-refractivity contribution < 1.29 is 23.9 Å². The summed E-state index contributed by atoms with van der Waals surface area (Å²) in [4.78, 5) is 35.2. The number of methoxy groups -OCH3 is 2. The van der Waals surface area contributed by atoms with Crippen LogP contribution in [0.15, 0.2) is 0 Å². The fraction of sp³-hybridized carbons (Fsp3) is 0.750. The van der Waals surface area contributed by atoms with Crippen molar-refractivity contribution in [3.63, 3.8) is 0 Å². The molecule has 0 radical (unpaired) electrons. The summed E-state index contributed by atoms with van der Waals surface area (Å²) in [5.41, 5.74) is 0. The van der Waals surface area contributed by atoms with Gasteiger partial charge in [0.05, 0.1) is 20.1 Å². The van der Waals surface area contributed by atoms with Crippen molar-refractivity contribution >= 4 is 17.7 Å². The van der Waals surface area contributed by atoms with Gasteiger partial charge in [-0.2, -0.15) is 0 Å². The number of hydrogen-bond acceptors (Lipinski definition) is 5. The van der Waals surface area contributed by atoms with Gasteiger partial charge in [0, 0.05) is 33.0 Å². The van der Waals surface area contributed by atoms with Crippen LogP contribution >= 0.6 is 0 Å². The molecule has 0 aromatic carbocycles. The Hall–Kier alpha value is -1.43. The van der Waals surface area contributed by atoms with E-state index in [-0.39, 0.29) is 43.5 Å². The first kappa shape index (κ1) is 16.6. The van der Waals surface area contributed by atoms with Crippen molar-refractivity contribution in [3.8, 4) is 0 Å². The first-order valence-corrected chi connectivity index (χ1v) is 5.84. The molecule has 0 aliphatic carbocycles. The van der Waals surface area contributed by atoms with Gasteiger partial charge in [-0.15, -0.1) is 0 Å². The molecule has 0 aliphatic rings. The average molecular weight is 259 g/mol. The van der Waals surface area contributed by atoms with Crippen LogP contribution in [0.4, 0.5) is 0 Å². The number of ether oxygens (including phenoxy) is 2.